The quantitative estimate of drug-likeness (QED) is 0.718. The minimum atomic E-state index is -0.160. The first-order valence-electron chi connectivity index (χ1n) is 5.53. The lowest BCUT2D eigenvalue weighted by Crippen LogP contribution is -2.23. The van der Waals surface area contributed by atoms with Gasteiger partial charge in [-0.2, -0.15) is 5.10 Å². The van der Waals surface area contributed by atoms with E-state index in [1.807, 2.05) is 18.2 Å². The van der Waals surface area contributed by atoms with Crippen molar-refractivity contribution in [3.8, 4) is 0 Å². The van der Waals surface area contributed by atoms with Gasteiger partial charge in [0, 0.05) is 18.6 Å². The molecule has 0 aliphatic heterocycles. The first-order chi connectivity index (χ1) is 8.84. The maximum absolute atomic E-state index is 12.0. The summed E-state index contributed by atoms with van der Waals surface area (Å²) in [6, 6.07) is 5.60. The molecule has 0 atom stereocenters. The second-order valence-corrected chi connectivity index (χ2v) is 3.81. The fraction of sp³-hybridized carbons (Fsp3) is 0.0833. The Morgan fingerprint density at radius 3 is 3.22 bits per heavy atom. The van der Waals surface area contributed by atoms with Crippen LogP contribution in [0.3, 0.4) is 0 Å². The molecule has 6 heteroatoms. The van der Waals surface area contributed by atoms with Crippen molar-refractivity contribution in [2.45, 2.75) is 6.54 Å². The summed E-state index contributed by atoms with van der Waals surface area (Å²) >= 11 is 0. The summed E-state index contributed by atoms with van der Waals surface area (Å²) in [6.07, 6.45) is 6.74. The number of carbonyl (C=O) groups excluding carboxylic acids is 1. The molecule has 2 N–H and O–H groups in total. The van der Waals surface area contributed by atoms with Crippen molar-refractivity contribution >= 4 is 11.4 Å². The summed E-state index contributed by atoms with van der Waals surface area (Å²) in [5.74, 6) is 0.562. The Morgan fingerprint density at radius 2 is 2.39 bits per heavy atom. The van der Waals surface area contributed by atoms with Crippen LogP contribution in [0.4, 0.5) is 0 Å². The van der Waals surface area contributed by atoms with Crippen LogP contribution in [0.2, 0.25) is 0 Å². The van der Waals surface area contributed by atoms with Gasteiger partial charge < -0.3 is 10.3 Å². The van der Waals surface area contributed by atoms with Gasteiger partial charge in [0.1, 0.15) is 5.82 Å². The first-order valence-corrected chi connectivity index (χ1v) is 5.53. The maximum atomic E-state index is 12.0. The highest BCUT2D eigenvalue weighted by Crippen LogP contribution is 2.09. The molecule has 0 aliphatic rings. The van der Waals surface area contributed by atoms with Crippen molar-refractivity contribution < 1.29 is 4.79 Å². The molecule has 1 amide bonds. The molecule has 3 heterocycles. The third kappa shape index (κ3) is 1.84. The van der Waals surface area contributed by atoms with Crippen LogP contribution in [0, 0.1) is 0 Å². The molecule has 0 fully saturated rings. The molecule has 0 spiro atoms. The Bertz CT molecular complexity index is 671. The number of rotatable bonds is 3. The van der Waals surface area contributed by atoms with Crippen LogP contribution < -0.4 is 5.32 Å². The molecule has 90 valence electrons. The molecule has 0 saturated heterocycles. The minimum Gasteiger partial charge on any atom is -0.347 e. The smallest absolute Gasteiger partial charge is 0.255 e. The molecule has 6 nitrogen and oxygen atoms in total. The van der Waals surface area contributed by atoms with E-state index in [0.717, 1.165) is 11.3 Å². The lowest BCUT2D eigenvalue weighted by Gasteiger charge is -2.01. The summed E-state index contributed by atoms with van der Waals surface area (Å²) in [5, 5.41) is 6.91. The van der Waals surface area contributed by atoms with Gasteiger partial charge in [-0.05, 0) is 12.1 Å². The maximum Gasteiger partial charge on any atom is 0.255 e. The topological polar surface area (TPSA) is 75.1 Å². The minimum absolute atomic E-state index is 0.160. The van der Waals surface area contributed by atoms with Gasteiger partial charge in [-0.15, -0.1) is 0 Å². The number of H-pyrrole nitrogens is 1. The van der Waals surface area contributed by atoms with E-state index in [9.17, 15) is 4.79 Å². The number of hydrogen-bond acceptors (Lipinski definition) is 3. The number of aromatic nitrogens is 4. The van der Waals surface area contributed by atoms with Gasteiger partial charge in [-0.25, -0.2) is 9.50 Å². The summed E-state index contributed by atoms with van der Waals surface area (Å²) < 4.78 is 1.67. The average molecular weight is 241 g/mol. The molecule has 3 aromatic heterocycles. The molecule has 0 saturated carbocycles. The van der Waals surface area contributed by atoms with E-state index in [2.05, 4.69) is 20.4 Å². The Balaban J connectivity index is 1.80. The molecule has 18 heavy (non-hydrogen) atoms. The van der Waals surface area contributed by atoms with Gasteiger partial charge in [-0.3, -0.25) is 4.79 Å². The number of fused-ring (bicyclic) bond motifs is 1. The first kappa shape index (κ1) is 10.5. The lowest BCUT2D eigenvalue weighted by atomic mass is 10.2. The Kier molecular flexibility index (Phi) is 2.53. The third-order valence-corrected chi connectivity index (χ3v) is 2.64. The molecular weight excluding hydrogens is 230 g/mol. The SMILES string of the molecule is O=C(NCc1ncc[nH]1)c1cnn2ccccc12. The third-order valence-electron chi connectivity index (χ3n) is 2.64. The van der Waals surface area contributed by atoms with Gasteiger partial charge >= 0.3 is 0 Å². The van der Waals surface area contributed by atoms with E-state index in [0.29, 0.717) is 12.1 Å². The summed E-state index contributed by atoms with van der Waals surface area (Å²) in [5.41, 5.74) is 1.34. The van der Waals surface area contributed by atoms with Gasteiger partial charge in [0.15, 0.2) is 0 Å². The van der Waals surface area contributed by atoms with Gasteiger partial charge in [0.2, 0.25) is 0 Å². The monoisotopic (exact) mass is 241 g/mol. The van der Waals surface area contributed by atoms with Crippen molar-refractivity contribution in [2.75, 3.05) is 0 Å². The summed E-state index contributed by atoms with van der Waals surface area (Å²) in [4.78, 5) is 19.0. The van der Waals surface area contributed by atoms with Crippen molar-refractivity contribution in [3.63, 3.8) is 0 Å². The molecule has 0 bridgehead atoms. The van der Waals surface area contributed by atoms with Crippen molar-refractivity contribution in [2.24, 2.45) is 0 Å². The van der Waals surface area contributed by atoms with E-state index < -0.39 is 0 Å². The van der Waals surface area contributed by atoms with Gasteiger partial charge in [0.05, 0.1) is 23.8 Å². The standard InChI is InChI=1S/C12H11N5O/c18-12(15-8-11-13-4-5-14-11)9-7-16-17-6-2-1-3-10(9)17/h1-7H,8H2,(H,13,14)(H,15,18). The summed E-state index contributed by atoms with van der Waals surface area (Å²) in [6.45, 7) is 0.371. The molecule has 0 aromatic carbocycles. The lowest BCUT2D eigenvalue weighted by molar-refractivity contribution is 0.0951. The van der Waals surface area contributed by atoms with Crippen LogP contribution in [0.15, 0.2) is 43.0 Å². The van der Waals surface area contributed by atoms with Crippen LogP contribution in [-0.2, 0) is 6.54 Å². The van der Waals surface area contributed by atoms with Crippen molar-refractivity contribution in [3.05, 3.63) is 54.4 Å². The number of carbonyl (C=O) groups is 1. The number of imidazole rings is 1. The van der Waals surface area contributed by atoms with E-state index >= 15 is 0 Å². The van der Waals surface area contributed by atoms with E-state index in [1.54, 1.807) is 29.3 Å². The van der Waals surface area contributed by atoms with E-state index in [-0.39, 0.29) is 5.91 Å². The Morgan fingerprint density at radius 1 is 1.44 bits per heavy atom. The predicted molar refractivity (Wildman–Crippen MR) is 64.9 cm³/mol. The number of nitrogens with zero attached hydrogens (tertiary/aromatic N) is 3. The van der Waals surface area contributed by atoms with Crippen LogP contribution in [0.25, 0.3) is 5.52 Å². The number of pyridine rings is 1. The molecular formula is C12H11N5O. The van der Waals surface area contributed by atoms with Gasteiger partial charge in [0.25, 0.3) is 5.91 Å². The summed E-state index contributed by atoms with van der Waals surface area (Å²) in [7, 11) is 0. The zero-order chi connectivity index (χ0) is 12.4. The zero-order valence-corrected chi connectivity index (χ0v) is 9.50. The highest BCUT2D eigenvalue weighted by molar-refractivity contribution is 6.00. The van der Waals surface area contributed by atoms with Crippen LogP contribution >= 0.6 is 0 Å². The number of aromatic amines is 1. The van der Waals surface area contributed by atoms with Crippen LogP contribution in [0.1, 0.15) is 16.2 Å². The molecule has 3 aromatic rings. The van der Waals surface area contributed by atoms with Crippen LogP contribution in [-0.4, -0.2) is 25.5 Å². The average Bonchev–Trinajstić information content (AvgIpc) is 3.05. The largest absolute Gasteiger partial charge is 0.347 e. The fourth-order valence-electron chi connectivity index (χ4n) is 1.76. The molecule has 0 unspecified atom stereocenters. The number of nitrogens with one attached hydrogen (secondary N) is 2. The highest BCUT2D eigenvalue weighted by Gasteiger charge is 2.11. The van der Waals surface area contributed by atoms with E-state index in [1.165, 1.54) is 0 Å². The van der Waals surface area contributed by atoms with Crippen LogP contribution in [0.5, 0.6) is 0 Å². The zero-order valence-electron chi connectivity index (χ0n) is 9.50. The second kappa shape index (κ2) is 4.33. The second-order valence-electron chi connectivity index (χ2n) is 3.81. The Hall–Kier alpha value is -2.63. The van der Waals surface area contributed by atoms with E-state index in [4.69, 9.17) is 0 Å². The molecule has 0 aliphatic carbocycles. The Labute approximate surface area is 103 Å². The normalized spacial score (nSPS) is 10.7. The fourth-order valence-corrected chi connectivity index (χ4v) is 1.76. The molecule has 0 radical (unpaired) electrons. The van der Waals surface area contributed by atoms with Gasteiger partial charge in [-0.1, -0.05) is 6.07 Å². The number of amides is 1. The van der Waals surface area contributed by atoms with Crippen molar-refractivity contribution in [1.29, 1.82) is 0 Å². The van der Waals surface area contributed by atoms with Crippen molar-refractivity contribution in [1.82, 2.24) is 24.9 Å². The predicted octanol–water partition coefficient (Wildman–Crippen LogP) is 0.987. The molecule has 3 rings (SSSR count). The highest BCUT2D eigenvalue weighted by atomic mass is 16.1. The number of hydrogen-bond donors (Lipinski definition) is 2.